The zero-order valence-corrected chi connectivity index (χ0v) is 18.5. The normalized spacial score (nSPS) is 11.2. The first-order valence-electron chi connectivity index (χ1n) is 10.8. The summed E-state index contributed by atoms with van der Waals surface area (Å²) in [7, 11) is 0. The topological polar surface area (TPSA) is 81.7 Å². The highest BCUT2D eigenvalue weighted by Gasteiger charge is 2.17. The first-order valence-corrected chi connectivity index (χ1v) is 11.2. The number of imidazole rings is 1. The molecule has 0 fully saturated rings. The molecule has 0 saturated carbocycles. The Hall–Kier alpha value is -3.03. The van der Waals surface area contributed by atoms with Crippen LogP contribution < -0.4 is 11.1 Å². The van der Waals surface area contributed by atoms with E-state index in [0.717, 1.165) is 49.3 Å². The molecule has 2 aromatic heterocycles. The third kappa shape index (κ3) is 5.06. The lowest BCUT2D eigenvalue weighted by Gasteiger charge is -2.11. The molecule has 2 aromatic carbocycles. The minimum atomic E-state index is -0.260. The van der Waals surface area contributed by atoms with Gasteiger partial charge in [-0.2, -0.15) is 4.98 Å². The molecule has 8 heteroatoms. The average Bonchev–Trinajstić information content (AvgIpc) is 3.16. The molecule has 0 aliphatic carbocycles. The summed E-state index contributed by atoms with van der Waals surface area (Å²) in [4.78, 5) is 13.9. The monoisotopic (exact) mass is 452 g/mol. The summed E-state index contributed by atoms with van der Waals surface area (Å²) in [6.45, 7) is 1.76. The van der Waals surface area contributed by atoms with E-state index in [1.807, 2.05) is 24.3 Å². The van der Waals surface area contributed by atoms with Gasteiger partial charge in [-0.3, -0.25) is 0 Å². The van der Waals surface area contributed by atoms with Gasteiger partial charge in [-0.05, 0) is 37.6 Å². The van der Waals surface area contributed by atoms with E-state index in [-0.39, 0.29) is 5.82 Å². The summed E-state index contributed by atoms with van der Waals surface area (Å²) < 4.78 is 16.0. The molecule has 0 unspecified atom stereocenters. The quantitative estimate of drug-likeness (QED) is 0.314. The molecule has 32 heavy (non-hydrogen) atoms. The van der Waals surface area contributed by atoms with Gasteiger partial charge >= 0.3 is 0 Å². The first kappa shape index (κ1) is 22.2. The summed E-state index contributed by atoms with van der Waals surface area (Å²) >= 11 is 6.47. The standard InChI is InChI=1S/C24H26ClFN6/c25-19-11-5-4-10-18(19)22-30-21-16-29-24(28-15-17-9-3-6-12-20(17)26)31-23(21)32(22)14-8-2-1-7-13-27/h3-6,9-12,16H,1-2,7-8,13-15,27H2,(H,28,29,31). The van der Waals surface area contributed by atoms with Crippen LogP contribution in [-0.2, 0) is 13.1 Å². The molecule has 0 bridgehead atoms. The molecule has 0 aliphatic rings. The van der Waals surface area contributed by atoms with Crippen molar-refractivity contribution in [3.05, 3.63) is 71.1 Å². The maximum atomic E-state index is 14.0. The van der Waals surface area contributed by atoms with Gasteiger partial charge in [-0.1, -0.05) is 54.8 Å². The van der Waals surface area contributed by atoms with Crippen LogP contribution in [0.5, 0.6) is 0 Å². The van der Waals surface area contributed by atoms with Crippen molar-refractivity contribution in [1.29, 1.82) is 0 Å². The number of hydrogen-bond acceptors (Lipinski definition) is 5. The third-order valence-corrected chi connectivity index (χ3v) is 5.66. The fourth-order valence-corrected chi connectivity index (χ4v) is 3.87. The van der Waals surface area contributed by atoms with Gasteiger partial charge in [0.2, 0.25) is 5.95 Å². The minimum absolute atomic E-state index is 0.260. The van der Waals surface area contributed by atoms with Crippen molar-refractivity contribution in [2.45, 2.75) is 38.8 Å². The van der Waals surface area contributed by atoms with Gasteiger partial charge in [0, 0.05) is 24.2 Å². The van der Waals surface area contributed by atoms with Crippen LogP contribution in [0.15, 0.2) is 54.7 Å². The second-order valence-corrected chi connectivity index (χ2v) is 8.02. The van der Waals surface area contributed by atoms with Gasteiger partial charge in [0.05, 0.1) is 11.2 Å². The van der Waals surface area contributed by atoms with Crippen molar-refractivity contribution in [3.63, 3.8) is 0 Å². The van der Waals surface area contributed by atoms with E-state index in [0.29, 0.717) is 35.1 Å². The molecule has 0 radical (unpaired) electrons. The second kappa shape index (κ2) is 10.5. The van der Waals surface area contributed by atoms with Crippen molar-refractivity contribution in [3.8, 4) is 11.4 Å². The minimum Gasteiger partial charge on any atom is -0.350 e. The van der Waals surface area contributed by atoms with Gasteiger partial charge in [0.1, 0.15) is 17.2 Å². The van der Waals surface area contributed by atoms with Crippen LogP contribution in [0.25, 0.3) is 22.6 Å². The van der Waals surface area contributed by atoms with Crippen molar-refractivity contribution < 1.29 is 4.39 Å². The molecule has 2 heterocycles. The summed E-state index contributed by atoms with van der Waals surface area (Å²) in [5, 5.41) is 3.76. The largest absolute Gasteiger partial charge is 0.350 e. The number of rotatable bonds is 10. The van der Waals surface area contributed by atoms with E-state index in [2.05, 4.69) is 14.9 Å². The van der Waals surface area contributed by atoms with Crippen molar-refractivity contribution >= 4 is 28.7 Å². The van der Waals surface area contributed by atoms with Crippen LogP contribution in [0, 0.1) is 5.82 Å². The van der Waals surface area contributed by atoms with Crippen LogP contribution in [0.2, 0.25) is 5.02 Å². The van der Waals surface area contributed by atoms with Gasteiger partial charge < -0.3 is 15.6 Å². The number of nitrogens with one attached hydrogen (secondary N) is 1. The molecule has 0 amide bonds. The van der Waals surface area contributed by atoms with Crippen LogP contribution in [-0.4, -0.2) is 26.1 Å². The first-order chi connectivity index (χ1) is 15.7. The Labute approximate surface area is 191 Å². The lowest BCUT2D eigenvalue weighted by molar-refractivity contribution is 0.583. The predicted octanol–water partition coefficient (Wildman–Crippen LogP) is 5.42. The van der Waals surface area contributed by atoms with E-state index in [1.165, 1.54) is 6.07 Å². The van der Waals surface area contributed by atoms with Crippen molar-refractivity contribution in [1.82, 2.24) is 19.5 Å². The van der Waals surface area contributed by atoms with E-state index in [9.17, 15) is 4.39 Å². The molecule has 4 rings (SSSR count). The van der Waals surface area contributed by atoms with Gasteiger partial charge in [0.15, 0.2) is 5.65 Å². The van der Waals surface area contributed by atoms with Gasteiger partial charge in [-0.25, -0.2) is 14.4 Å². The number of fused-ring (bicyclic) bond motifs is 1. The summed E-state index contributed by atoms with van der Waals surface area (Å²) in [5.74, 6) is 0.935. The number of unbranched alkanes of at least 4 members (excludes halogenated alkanes) is 3. The summed E-state index contributed by atoms with van der Waals surface area (Å²) in [6.07, 6.45) is 5.85. The molecule has 0 atom stereocenters. The molecule has 3 N–H and O–H groups in total. The Balaban J connectivity index is 1.64. The Bertz CT molecular complexity index is 1190. The Morgan fingerprint density at radius 1 is 0.969 bits per heavy atom. The fourth-order valence-electron chi connectivity index (χ4n) is 3.65. The molecule has 0 spiro atoms. The molecule has 0 aliphatic heterocycles. The number of aryl methyl sites for hydroxylation is 1. The molecule has 6 nitrogen and oxygen atoms in total. The van der Waals surface area contributed by atoms with Crippen LogP contribution >= 0.6 is 11.6 Å². The SMILES string of the molecule is NCCCCCCn1c(-c2ccccc2Cl)nc2cnc(NCc3ccccc3F)nc21. The van der Waals surface area contributed by atoms with Crippen molar-refractivity contribution in [2.75, 3.05) is 11.9 Å². The fraction of sp³-hybridized carbons (Fsp3) is 0.292. The maximum absolute atomic E-state index is 14.0. The third-order valence-electron chi connectivity index (χ3n) is 5.33. The van der Waals surface area contributed by atoms with Crippen LogP contribution in [0.4, 0.5) is 10.3 Å². The van der Waals surface area contributed by atoms with E-state index < -0.39 is 0 Å². The van der Waals surface area contributed by atoms with Crippen molar-refractivity contribution in [2.24, 2.45) is 5.73 Å². The number of aromatic nitrogens is 4. The van der Waals surface area contributed by atoms with Crippen LogP contribution in [0.3, 0.4) is 0 Å². The van der Waals surface area contributed by atoms with Gasteiger partial charge in [-0.15, -0.1) is 0 Å². The molecular weight excluding hydrogens is 427 g/mol. The number of anilines is 1. The molecular formula is C24H26ClFN6. The average molecular weight is 453 g/mol. The molecule has 0 saturated heterocycles. The highest BCUT2D eigenvalue weighted by molar-refractivity contribution is 6.33. The summed E-state index contributed by atoms with van der Waals surface area (Å²) in [5.41, 5.74) is 8.45. The highest BCUT2D eigenvalue weighted by Crippen LogP contribution is 2.30. The zero-order chi connectivity index (χ0) is 22.3. The lowest BCUT2D eigenvalue weighted by Crippen LogP contribution is -2.07. The number of halogens is 2. The number of benzene rings is 2. The lowest BCUT2D eigenvalue weighted by atomic mass is 10.2. The second-order valence-electron chi connectivity index (χ2n) is 7.62. The summed E-state index contributed by atoms with van der Waals surface area (Å²) in [6, 6.07) is 14.3. The Morgan fingerprint density at radius 3 is 2.56 bits per heavy atom. The number of nitrogens with two attached hydrogens (primary N) is 1. The Morgan fingerprint density at radius 2 is 1.75 bits per heavy atom. The van der Waals surface area contributed by atoms with E-state index in [4.69, 9.17) is 27.3 Å². The molecule has 166 valence electrons. The van der Waals surface area contributed by atoms with E-state index >= 15 is 0 Å². The Kier molecular flexibility index (Phi) is 7.29. The molecule has 4 aromatic rings. The zero-order valence-electron chi connectivity index (χ0n) is 17.8. The maximum Gasteiger partial charge on any atom is 0.225 e. The number of nitrogens with zero attached hydrogens (tertiary/aromatic N) is 4. The predicted molar refractivity (Wildman–Crippen MR) is 127 cm³/mol. The smallest absolute Gasteiger partial charge is 0.225 e. The van der Waals surface area contributed by atoms with E-state index in [1.54, 1.807) is 24.4 Å². The number of hydrogen-bond donors (Lipinski definition) is 2. The van der Waals surface area contributed by atoms with Gasteiger partial charge in [0.25, 0.3) is 0 Å². The highest BCUT2D eigenvalue weighted by atomic mass is 35.5. The van der Waals surface area contributed by atoms with Crippen LogP contribution in [0.1, 0.15) is 31.2 Å².